The van der Waals surface area contributed by atoms with Gasteiger partial charge in [0.2, 0.25) is 11.8 Å². The lowest BCUT2D eigenvalue weighted by Crippen LogP contribution is -2.23. The smallest absolute Gasteiger partial charge is 0.328 e. The third-order valence-electron chi connectivity index (χ3n) is 2.13. The van der Waals surface area contributed by atoms with Gasteiger partial charge >= 0.3 is 5.69 Å². The molecule has 2 heterocycles. The van der Waals surface area contributed by atoms with E-state index in [0.29, 0.717) is 24.9 Å². The van der Waals surface area contributed by atoms with Crippen molar-refractivity contribution in [1.82, 2.24) is 19.3 Å². The summed E-state index contributed by atoms with van der Waals surface area (Å²) in [6.07, 6.45) is 3.46. The summed E-state index contributed by atoms with van der Waals surface area (Å²) < 4.78 is 8.35. The van der Waals surface area contributed by atoms with Gasteiger partial charge in [0.05, 0.1) is 0 Å². The Morgan fingerprint density at radius 3 is 2.60 bits per heavy atom. The Morgan fingerprint density at radius 1 is 1.33 bits per heavy atom. The lowest BCUT2D eigenvalue weighted by molar-refractivity contribution is 0.450. The Morgan fingerprint density at radius 2 is 2.07 bits per heavy atom. The first-order chi connectivity index (χ1) is 7.20. The van der Waals surface area contributed by atoms with Gasteiger partial charge in [0, 0.05) is 25.9 Å². The molecule has 2 rings (SSSR count). The van der Waals surface area contributed by atoms with E-state index in [-0.39, 0.29) is 5.69 Å². The molecular weight excluding hydrogens is 196 g/mol. The average Bonchev–Trinajstić information content (AvgIpc) is 2.76. The predicted molar refractivity (Wildman–Crippen MR) is 52.5 cm³/mol. The Bertz CT molecular complexity index is 508. The van der Waals surface area contributed by atoms with Gasteiger partial charge in [-0.1, -0.05) is 0 Å². The molecule has 0 fully saturated rings. The molecule has 2 aromatic rings. The average molecular weight is 208 g/mol. The van der Waals surface area contributed by atoms with Gasteiger partial charge in [0.25, 0.3) is 0 Å². The van der Waals surface area contributed by atoms with Gasteiger partial charge in [-0.2, -0.15) is 0 Å². The fourth-order valence-corrected chi connectivity index (χ4v) is 1.36. The summed E-state index contributed by atoms with van der Waals surface area (Å²) >= 11 is 0. The van der Waals surface area contributed by atoms with Gasteiger partial charge in [0.15, 0.2) is 0 Å². The number of imidazole rings is 1. The first-order valence-electron chi connectivity index (χ1n) is 4.75. The number of hydrogen-bond acceptors (Lipinski definition) is 4. The van der Waals surface area contributed by atoms with Gasteiger partial charge < -0.3 is 4.42 Å². The molecule has 15 heavy (non-hydrogen) atoms. The highest BCUT2D eigenvalue weighted by atomic mass is 16.4. The maximum atomic E-state index is 11.6. The minimum absolute atomic E-state index is 0.0617. The molecule has 0 saturated heterocycles. The summed E-state index contributed by atoms with van der Waals surface area (Å²) in [6.45, 7) is 4.63. The third kappa shape index (κ3) is 1.83. The van der Waals surface area contributed by atoms with Gasteiger partial charge in [-0.25, -0.2) is 4.79 Å². The number of rotatable bonds is 3. The third-order valence-corrected chi connectivity index (χ3v) is 2.13. The standard InChI is InChI=1S/C9H12N4O2/c1-3-12-4-5-13(9(12)14)6-8-11-10-7(2)15-8/h4-5H,3,6H2,1-2H3. The number of hydrogen-bond donors (Lipinski definition) is 0. The summed E-state index contributed by atoms with van der Waals surface area (Å²) in [4.78, 5) is 11.6. The number of aromatic nitrogens is 4. The van der Waals surface area contributed by atoms with Crippen molar-refractivity contribution in [1.29, 1.82) is 0 Å². The van der Waals surface area contributed by atoms with Crippen LogP contribution in [0.25, 0.3) is 0 Å². The van der Waals surface area contributed by atoms with E-state index >= 15 is 0 Å². The zero-order chi connectivity index (χ0) is 10.8. The van der Waals surface area contributed by atoms with Crippen molar-refractivity contribution in [2.24, 2.45) is 0 Å². The second kappa shape index (κ2) is 3.72. The quantitative estimate of drug-likeness (QED) is 0.732. The summed E-state index contributed by atoms with van der Waals surface area (Å²) in [5.41, 5.74) is -0.0617. The van der Waals surface area contributed by atoms with Crippen molar-refractivity contribution in [2.45, 2.75) is 26.9 Å². The van der Waals surface area contributed by atoms with Gasteiger partial charge in [0.1, 0.15) is 6.54 Å². The normalized spacial score (nSPS) is 10.8. The van der Waals surface area contributed by atoms with Crippen molar-refractivity contribution in [3.05, 3.63) is 34.7 Å². The van der Waals surface area contributed by atoms with Crippen LogP contribution >= 0.6 is 0 Å². The molecule has 0 aliphatic rings. The fourth-order valence-electron chi connectivity index (χ4n) is 1.36. The van der Waals surface area contributed by atoms with E-state index in [1.54, 1.807) is 23.9 Å². The monoisotopic (exact) mass is 208 g/mol. The highest BCUT2D eigenvalue weighted by molar-refractivity contribution is 4.87. The summed E-state index contributed by atoms with van der Waals surface area (Å²) in [7, 11) is 0. The summed E-state index contributed by atoms with van der Waals surface area (Å²) in [6, 6.07) is 0. The molecule has 80 valence electrons. The Balaban J connectivity index is 2.25. The van der Waals surface area contributed by atoms with Crippen LogP contribution in [0.2, 0.25) is 0 Å². The van der Waals surface area contributed by atoms with Crippen molar-refractivity contribution < 1.29 is 4.42 Å². The topological polar surface area (TPSA) is 65.8 Å². The SMILES string of the molecule is CCn1ccn(Cc2nnc(C)o2)c1=O. The maximum Gasteiger partial charge on any atom is 0.328 e. The highest BCUT2D eigenvalue weighted by Gasteiger charge is 2.06. The van der Waals surface area contributed by atoms with Crippen LogP contribution < -0.4 is 5.69 Å². The molecule has 0 radical (unpaired) electrons. The first-order valence-corrected chi connectivity index (χ1v) is 4.75. The second-order valence-electron chi connectivity index (χ2n) is 3.21. The molecule has 0 amide bonds. The lowest BCUT2D eigenvalue weighted by Gasteiger charge is -1.95. The van der Waals surface area contributed by atoms with Crippen LogP contribution in [0.3, 0.4) is 0 Å². The lowest BCUT2D eigenvalue weighted by atomic mass is 10.6. The van der Waals surface area contributed by atoms with E-state index < -0.39 is 0 Å². The summed E-state index contributed by atoms with van der Waals surface area (Å²) in [5.74, 6) is 0.955. The molecule has 0 aliphatic carbocycles. The fraction of sp³-hybridized carbons (Fsp3) is 0.444. The highest BCUT2D eigenvalue weighted by Crippen LogP contribution is 1.99. The Hall–Kier alpha value is -1.85. The second-order valence-corrected chi connectivity index (χ2v) is 3.21. The zero-order valence-electron chi connectivity index (χ0n) is 8.67. The van der Waals surface area contributed by atoms with Crippen molar-refractivity contribution in [2.75, 3.05) is 0 Å². The molecule has 0 atom stereocenters. The first kappa shape index (κ1) is 9.70. The molecule has 0 aromatic carbocycles. The van der Waals surface area contributed by atoms with Gasteiger partial charge in [-0.3, -0.25) is 9.13 Å². The number of aryl methyl sites for hydroxylation is 2. The minimum atomic E-state index is -0.0617. The van der Waals surface area contributed by atoms with E-state index in [4.69, 9.17) is 4.42 Å². The van der Waals surface area contributed by atoms with E-state index in [2.05, 4.69) is 10.2 Å². The van der Waals surface area contributed by atoms with Crippen LogP contribution in [0.4, 0.5) is 0 Å². The van der Waals surface area contributed by atoms with Gasteiger partial charge in [-0.05, 0) is 6.92 Å². The van der Waals surface area contributed by atoms with Crippen LogP contribution in [-0.2, 0) is 13.1 Å². The van der Waals surface area contributed by atoms with E-state index in [1.165, 1.54) is 4.57 Å². The van der Waals surface area contributed by atoms with Crippen LogP contribution in [-0.4, -0.2) is 19.3 Å². The number of nitrogens with zero attached hydrogens (tertiary/aromatic N) is 4. The van der Waals surface area contributed by atoms with Crippen LogP contribution in [0.1, 0.15) is 18.7 Å². The van der Waals surface area contributed by atoms with Crippen LogP contribution in [0.15, 0.2) is 21.6 Å². The molecule has 6 heteroatoms. The molecular formula is C9H12N4O2. The van der Waals surface area contributed by atoms with Gasteiger partial charge in [-0.15, -0.1) is 10.2 Å². The molecule has 2 aromatic heterocycles. The van der Waals surface area contributed by atoms with Crippen molar-refractivity contribution in [3.8, 4) is 0 Å². The molecule has 6 nitrogen and oxygen atoms in total. The molecule has 0 aliphatic heterocycles. The van der Waals surface area contributed by atoms with Crippen molar-refractivity contribution in [3.63, 3.8) is 0 Å². The van der Waals surface area contributed by atoms with E-state index in [1.807, 2.05) is 6.92 Å². The molecule has 0 saturated carbocycles. The van der Waals surface area contributed by atoms with Crippen LogP contribution in [0.5, 0.6) is 0 Å². The molecule has 0 unspecified atom stereocenters. The molecule has 0 N–H and O–H groups in total. The zero-order valence-corrected chi connectivity index (χ0v) is 8.67. The van der Waals surface area contributed by atoms with Crippen LogP contribution in [0, 0.1) is 6.92 Å². The van der Waals surface area contributed by atoms with E-state index in [9.17, 15) is 4.79 Å². The maximum absolute atomic E-state index is 11.6. The largest absolute Gasteiger partial charge is 0.424 e. The Kier molecular flexibility index (Phi) is 2.40. The molecule has 0 bridgehead atoms. The van der Waals surface area contributed by atoms with Crippen molar-refractivity contribution >= 4 is 0 Å². The predicted octanol–water partition coefficient (Wildman–Crippen LogP) is 0.409. The Labute approximate surface area is 86.2 Å². The minimum Gasteiger partial charge on any atom is -0.424 e. The summed E-state index contributed by atoms with van der Waals surface area (Å²) in [5, 5.41) is 7.53. The van der Waals surface area contributed by atoms with E-state index in [0.717, 1.165) is 0 Å². The molecule has 0 spiro atoms.